The number of amides is 1. The van der Waals surface area contributed by atoms with Gasteiger partial charge in [0.2, 0.25) is 0 Å². The van der Waals surface area contributed by atoms with E-state index in [1.165, 1.54) is 18.2 Å². The Morgan fingerprint density at radius 2 is 2.17 bits per heavy atom. The van der Waals surface area contributed by atoms with Crippen molar-refractivity contribution in [2.45, 2.75) is 13.3 Å². The van der Waals surface area contributed by atoms with Gasteiger partial charge in [-0.1, -0.05) is 6.07 Å². The Hall–Kier alpha value is -2.89. The third kappa shape index (κ3) is 3.37. The molecule has 0 aliphatic carbocycles. The molecule has 1 aliphatic heterocycles. The van der Waals surface area contributed by atoms with E-state index in [1.54, 1.807) is 18.0 Å². The number of anilines is 1. The van der Waals surface area contributed by atoms with Gasteiger partial charge in [-0.25, -0.2) is 9.37 Å². The molecule has 6 heteroatoms. The lowest BCUT2D eigenvalue weighted by Gasteiger charge is -2.30. The van der Waals surface area contributed by atoms with Crippen LogP contribution in [0.3, 0.4) is 0 Å². The third-order valence-corrected chi connectivity index (χ3v) is 4.03. The van der Waals surface area contributed by atoms with E-state index in [4.69, 9.17) is 5.73 Å². The van der Waals surface area contributed by atoms with Crippen molar-refractivity contribution in [1.82, 2.24) is 9.88 Å². The van der Waals surface area contributed by atoms with Crippen LogP contribution < -0.4 is 11.1 Å². The summed E-state index contributed by atoms with van der Waals surface area (Å²) < 4.78 is 13.2. The standard InChI is InChI=1S/C18H19FN4O/c1-12-10-13(19)5-6-14(12)18(24)23-9-7-16(15(20)11-23)22-17-4-2-3-8-21-17/h2-6,8,10H,7,9,11,20H2,1H3,(H,21,22). The predicted molar refractivity (Wildman–Crippen MR) is 90.7 cm³/mol. The first-order valence-corrected chi connectivity index (χ1v) is 7.75. The number of aromatic nitrogens is 1. The molecule has 0 radical (unpaired) electrons. The van der Waals surface area contributed by atoms with Crippen LogP contribution in [0, 0.1) is 12.7 Å². The van der Waals surface area contributed by atoms with Crippen molar-refractivity contribution in [2.24, 2.45) is 5.73 Å². The number of benzene rings is 1. The lowest BCUT2D eigenvalue weighted by Crippen LogP contribution is -2.40. The second kappa shape index (κ2) is 6.70. The Labute approximate surface area is 140 Å². The summed E-state index contributed by atoms with van der Waals surface area (Å²) in [5.41, 5.74) is 8.75. The first-order valence-electron chi connectivity index (χ1n) is 7.75. The maximum absolute atomic E-state index is 13.2. The minimum Gasteiger partial charge on any atom is -0.399 e. The average Bonchev–Trinajstić information content (AvgIpc) is 2.57. The molecule has 2 aromatic rings. The van der Waals surface area contributed by atoms with Crippen molar-refractivity contribution in [3.05, 3.63) is 70.9 Å². The van der Waals surface area contributed by atoms with Gasteiger partial charge in [0.15, 0.2) is 0 Å². The largest absolute Gasteiger partial charge is 0.399 e. The van der Waals surface area contributed by atoms with E-state index in [0.717, 1.165) is 11.5 Å². The highest BCUT2D eigenvalue weighted by Crippen LogP contribution is 2.20. The average molecular weight is 326 g/mol. The van der Waals surface area contributed by atoms with Gasteiger partial charge >= 0.3 is 0 Å². The number of carbonyl (C=O) groups is 1. The molecule has 0 fully saturated rings. The highest BCUT2D eigenvalue weighted by molar-refractivity contribution is 5.95. The minimum absolute atomic E-state index is 0.132. The number of rotatable bonds is 3. The third-order valence-electron chi connectivity index (χ3n) is 4.03. The molecule has 24 heavy (non-hydrogen) atoms. The SMILES string of the molecule is Cc1cc(F)ccc1C(=O)N1CCC(Nc2ccccn2)=C(N)C1. The Morgan fingerprint density at radius 1 is 1.33 bits per heavy atom. The van der Waals surface area contributed by atoms with Crippen molar-refractivity contribution < 1.29 is 9.18 Å². The van der Waals surface area contributed by atoms with Crippen LogP contribution in [0.5, 0.6) is 0 Å². The number of nitrogens with one attached hydrogen (secondary N) is 1. The molecular formula is C18H19FN4O. The summed E-state index contributed by atoms with van der Waals surface area (Å²) in [6.07, 6.45) is 2.32. The van der Waals surface area contributed by atoms with Gasteiger partial charge in [-0.05, 0) is 42.8 Å². The summed E-state index contributed by atoms with van der Waals surface area (Å²) in [4.78, 5) is 18.5. The predicted octanol–water partition coefficient (Wildman–Crippen LogP) is 2.66. The van der Waals surface area contributed by atoms with E-state index < -0.39 is 0 Å². The van der Waals surface area contributed by atoms with E-state index in [-0.39, 0.29) is 11.7 Å². The molecule has 124 valence electrons. The quantitative estimate of drug-likeness (QED) is 0.910. The highest BCUT2D eigenvalue weighted by Gasteiger charge is 2.23. The molecule has 0 atom stereocenters. The Morgan fingerprint density at radius 3 is 2.83 bits per heavy atom. The number of halogens is 1. The van der Waals surface area contributed by atoms with Crippen LogP contribution >= 0.6 is 0 Å². The summed E-state index contributed by atoms with van der Waals surface area (Å²) in [6.45, 7) is 2.61. The fourth-order valence-electron chi connectivity index (χ4n) is 2.73. The molecule has 2 heterocycles. The molecular weight excluding hydrogens is 307 g/mol. The first-order chi connectivity index (χ1) is 11.5. The molecule has 1 aromatic heterocycles. The summed E-state index contributed by atoms with van der Waals surface area (Å²) in [5, 5.41) is 3.20. The van der Waals surface area contributed by atoms with Crippen molar-refractivity contribution >= 4 is 11.7 Å². The fraction of sp³-hybridized carbons (Fsp3) is 0.222. The number of aryl methyl sites for hydroxylation is 1. The summed E-state index contributed by atoms with van der Waals surface area (Å²) in [5.74, 6) is 0.251. The molecule has 5 nitrogen and oxygen atoms in total. The van der Waals surface area contributed by atoms with Gasteiger partial charge in [0.1, 0.15) is 11.6 Å². The van der Waals surface area contributed by atoms with Crippen LogP contribution in [0.4, 0.5) is 10.2 Å². The first kappa shape index (κ1) is 16.0. The van der Waals surface area contributed by atoms with Gasteiger partial charge in [-0.3, -0.25) is 4.79 Å². The van der Waals surface area contributed by atoms with Crippen LogP contribution in [0.1, 0.15) is 22.3 Å². The van der Waals surface area contributed by atoms with Gasteiger partial charge in [-0.2, -0.15) is 0 Å². The van der Waals surface area contributed by atoms with Gasteiger partial charge in [0, 0.05) is 36.1 Å². The minimum atomic E-state index is -0.344. The number of nitrogens with zero attached hydrogens (tertiary/aromatic N) is 2. The molecule has 0 bridgehead atoms. The van der Waals surface area contributed by atoms with E-state index in [9.17, 15) is 9.18 Å². The Bertz CT molecular complexity index is 789. The van der Waals surface area contributed by atoms with Crippen LogP contribution in [-0.2, 0) is 0 Å². The van der Waals surface area contributed by atoms with E-state index in [2.05, 4.69) is 10.3 Å². The van der Waals surface area contributed by atoms with Crippen molar-refractivity contribution in [2.75, 3.05) is 18.4 Å². The Balaban J connectivity index is 1.73. The van der Waals surface area contributed by atoms with Crippen LogP contribution in [0.2, 0.25) is 0 Å². The number of carbonyl (C=O) groups excluding carboxylic acids is 1. The molecule has 1 aromatic carbocycles. The van der Waals surface area contributed by atoms with Gasteiger partial charge in [-0.15, -0.1) is 0 Å². The second-order valence-electron chi connectivity index (χ2n) is 5.78. The zero-order valence-corrected chi connectivity index (χ0v) is 13.4. The molecule has 3 N–H and O–H groups in total. The number of hydrogen-bond acceptors (Lipinski definition) is 4. The lowest BCUT2D eigenvalue weighted by molar-refractivity contribution is 0.0762. The molecule has 1 amide bonds. The number of nitrogens with two attached hydrogens (primary N) is 1. The maximum Gasteiger partial charge on any atom is 0.254 e. The van der Waals surface area contributed by atoms with Gasteiger partial charge in [0.05, 0.1) is 6.54 Å². The Kier molecular flexibility index (Phi) is 4.46. The molecule has 3 rings (SSSR count). The van der Waals surface area contributed by atoms with Gasteiger partial charge < -0.3 is 16.0 Å². The molecule has 1 aliphatic rings. The fourth-order valence-corrected chi connectivity index (χ4v) is 2.73. The van der Waals surface area contributed by atoms with Crippen molar-refractivity contribution in [3.63, 3.8) is 0 Å². The van der Waals surface area contributed by atoms with Crippen LogP contribution in [0.15, 0.2) is 54.0 Å². The van der Waals surface area contributed by atoms with Gasteiger partial charge in [0.25, 0.3) is 5.91 Å². The maximum atomic E-state index is 13.2. The topological polar surface area (TPSA) is 71.2 Å². The lowest BCUT2D eigenvalue weighted by atomic mass is 10.1. The van der Waals surface area contributed by atoms with Crippen molar-refractivity contribution in [3.8, 4) is 0 Å². The normalized spacial score (nSPS) is 14.7. The zero-order chi connectivity index (χ0) is 17.1. The molecule has 0 saturated carbocycles. The van der Waals surface area contributed by atoms with Crippen LogP contribution in [-0.4, -0.2) is 28.9 Å². The molecule has 0 unspecified atom stereocenters. The molecule has 0 spiro atoms. The van der Waals surface area contributed by atoms with E-state index in [0.29, 0.717) is 36.3 Å². The summed E-state index contributed by atoms with van der Waals surface area (Å²) in [7, 11) is 0. The zero-order valence-electron chi connectivity index (χ0n) is 13.4. The molecule has 0 saturated heterocycles. The highest BCUT2D eigenvalue weighted by atomic mass is 19.1. The summed E-state index contributed by atoms with van der Waals surface area (Å²) in [6, 6.07) is 9.79. The van der Waals surface area contributed by atoms with E-state index in [1.807, 2.05) is 18.2 Å². The van der Waals surface area contributed by atoms with Crippen LogP contribution in [0.25, 0.3) is 0 Å². The van der Waals surface area contributed by atoms with Crippen molar-refractivity contribution in [1.29, 1.82) is 0 Å². The smallest absolute Gasteiger partial charge is 0.254 e. The summed E-state index contributed by atoms with van der Waals surface area (Å²) >= 11 is 0. The monoisotopic (exact) mass is 326 g/mol. The number of pyridine rings is 1. The second-order valence-corrected chi connectivity index (χ2v) is 5.78. The number of hydrogen-bond donors (Lipinski definition) is 2. The van der Waals surface area contributed by atoms with E-state index >= 15 is 0 Å².